The van der Waals surface area contributed by atoms with Crippen molar-refractivity contribution in [3.8, 4) is 17.2 Å². The Hall–Kier alpha value is -2.28. The van der Waals surface area contributed by atoms with Gasteiger partial charge in [0.05, 0.1) is 14.2 Å². The maximum absolute atomic E-state index is 5.82. The van der Waals surface area contributed by atoms with E-state index in [-0.39, 0.29) is 6.61 Å². The van der Waals surface area contributed by atoms with Crippen LogP contribution in [0.3, 0.4) is 0 Å². The van der Waals surface area contributed by atoms with Gasteiger partial charge in [0, 0.05) is 13.1 Å². The Morgan fingerprint density at radius 1 is 1.19 bits per heavy atom. The highest BCUT2D eigenvalue weighted by atomic mass is 16.5. The van der Waals surface area contributed by atoms with Gasteiger partial charge >= 0.3 is 0 Å². The molecule has 1 aromatic carbocycles. The van der Waals surface area contributed by atoms with E-state index in [1.165, 1.54) is 6.33 Å². The number of benzene rings is 1. The van der Waals surface area contributed by atoms with Crippen molar-refractivity contribution in [2.45, 2.75) is 26.6 Å². The summed E-state index contributed by atoms with van der Waals surface area (Å²) in [5.74, 6) is 2.43. The minimum Gasteiger partial charge on any atom is -0.493 e. The molecule has 1 aromatic heterocycles. The molecule has 0 amide bonds. The van der Waals surface area contributed by atoms with Crippen molar-refractivity contribution in [3.63, 3.8) is 0 Å². The largest absolute Gasteiger partial charge is 0.493 e. The summed E-state index contributed by atoms with van der Waals surface area (Å²) in [5.41, 5.74) is 6.57. The van der Waals surface area contributed by atoms with E-state index in [9.17, 15) is 0 Å². The lowest BCUT2D eigenvalue weighted by Gasteiger charge is -2.15. The van der Waals surface area contributed by atoms with Crippen LogP contribution < -0.4 is 19.9 Å². The molecule has 0 radical (unpaired) electrons. The summed E-state index contributed by atoms with van der Waals surface area (Å²) in [5, 5.41) is 4.11. The Morgan fingerprint density at radius 3 is 2.38 bits per heavy atom. The molecule has 0 saturated heterocycles. The van der Waals surface area contributed by atoms with Crippen molar-refractivity contribution >= 4 is 0 Å². The summed E-state index contributed by atoms with van der Waals surface area (Å²) in [7, 11) is 3.16. The van der Waals surface area contributed by atoms with E-state index < -0.39 is 0 Å². The first-order valence-electron chi connectivity index (χ1n) is 6.67. The molecule has 0 bridgehead atoms. The van der Waals surface area contributed by atoms with E-state index in [0.29, 0.717) is 23.8 Å². The third-order valence-electron chi connectivity index (χ3n) is 3.10. The minimum atomic E-state index is 0.280. The number of hydrogen-bond donors (Lipinski definition) is 1. The van der Waals surface area contributed by atoms with Gasteiger partial charge in [0.15, 0.2) is 17.3 Å². The highest BCUT2D eigenvalue weighted by Crippen LogP contribution is 2.38. The molecular formula is C14H20N4O3. The summed E-state index contributed by atoms with van der Waals surface area (Å²) >= 11 is 0. The smallest absolute Gasteiger partial charge is 0.204 e. The van der Waals surface area contributed by atoms with Crippen LogP contribution in [0.25, 0.3) is 0 Å². The van der Waals surface area contributed by atoms with Gasteiger partial charge < -0.3 is 19.9 Å². The van der Waals surface area contributed by atoms with Gasteiger partial charge in [-0.3, -0.25) is 0 Å². The summed E-state index contributed by atoms with van der Waals surface area (Å²) in [6, 6.07) is 3.67. The number of aromatic nitrogens is 3. The first-order chi connectivity index (χ1) is 10.2. The lowest BCUT2D eigenvalue weighted by molar-refractivity contribution is 0.253. The molecule has 7 nitrogen and oxygen atoms in total. The standard InChI is InChI=1S/C14H20N4O3/c1-4-18-13(16-9-17-18)8-21-14-11(19-2)5-10(7-15)6-12(14)20-3/h5-6,9H,4,7-8,15H2,1-3H3. The van der Waals surface area contributed by atoms with Crippen LogP contribution in [0.2, 0.25) is 0 Å². The first-order valence-corrected chi connectivity index (χ1v) is 6.67. The number of aryl methyl sites for hydroxylation is 1. The van der Waals surface area contributed by atoms with Crippen molar-refractivity contribution in [1.29, 1.82) is 0 Å². The molecule has 0 spiro atoms. The second-order valence-electron chi connectivity index (χ2n) is 4.31. The van der Waals surface area contributed by atoms with E-state index in [1.54, 1.807) is 18.9 Å². The number of rotatable bonds is 7. The molecule has 0 fully saturated rings. The average molecular weight is 292 g/mol. The second kappa shape index (κ2) is 6.94. The van der Waals surface area contributed by atoms with Gasteiger partial charge in [-0.1, -0.05) is 0 Å². The van der Waals surface area contributed by atoms with Crippen LogP contribution in [0.15, 0.2) is 18.5 Å². The SMILES string of the molecule is CCn1ncnc1COc1c(OC)cc(CN)cc1OC. The van der Waals surface area contributed by atoms with E-state index in [4.69, 9.17) is 19.9 Å². The Kier molecular flexibility index (Phi) is 4.99. The molecule has 0 aliphatic rings. The zero-order chi connectivity index (χ0) is 15.2. The molecule has 2 aromatic rings. The normalized spacial score (nSPS) is 10.5. The predicted molar refractivity (Wildman–Crippen MR) is 77.5 cm³/mol. The Labute approximate surface area is 123 Å². The lowest BCUT2D eigenvalue weighted by atomic mass is 10.2. The highest BCUT2D eigenvalue weighted by Gasteiger charge is 2.15. The number of nitrogens with zero attached hydrogens (tertiary/aromatic N) is 3. The van der Waals surface area contributed by atoms with E-state index in [2.05, 4.69) is 10.1 Å². The molecule has 21 heavy (non-hydrogen) atoms. The molecule has 0 saturated carbocycles. The Balaban J connectivity index is 2.26. The van der Waals surface area contributed by atoms with E-state index >= 15 is 0 Å². The molecule has 0 aliphatic carbocycles. The number of ether oxygens (including phenoxy) is 3. The monoisotopic (exact) mass is 292 g/mol. The van der Waals surface area contributed by atoms with Gasteiger partial charge in [0.1, 0.15) is 12.9 Å². The van der Waals surface area contributed by atoms with Gasteiger partial charge in [-0.15, -0.1) is 0 Å². The van der Waals surface area contributed by atoms with Crippen LogP contribution in [-0.2, 0) is 19.7 Å². The van der Waals surface area contributed by atoms with Crippen molar-refractivity contribution in [2.24, 2.45) is 5.73 Å². The lowest BCUT2D eigenvalue weighted by Crippen LogP contribution is -2.08. The van der Waals surface area contributed by atoms with Gasteiger partial charge in [-0.2, -0.15) is 5.10 Å². The molecule has 1 heterocycles. The Morgan fingerprint density at radius 2 is 1.86 bits per heavy atom. The number of hydrogen-bond acceptors (Lipinski definition) is 6. The molecule has 0 atom stereocenters. The molecule has 7 heteroatoms. The average Bonchev–Trinajstić information content (AvgIpc) is 2.99. The number of nitrogens with two attached hydrogens (primary N) is 1. The minimum absolute atomic E-state index is 0.280. The van der Waals surface area contributed by atoms with Crippen molar-refractivity contribution < 1.29 is 14.2 Å². The van der Waals surface area contributed by atoms with Crippen LogP contribution in [0.1, 0.15) is 18.3 Å². The van der Waals surface area contributed by atoms with E-state index in [0.717, 1.165) is 17.9 Å². The zero-order valence-corrected chi connectivity index (χ0v) is 12.5. The number of methoxy groups -OCH3 is 2. The molecule has 0 aliphatic heterocycles. The summed E-state index contributed by atoms with van der Waals surface area (Å²) in [6.45, 7) is 3.41. The van der Waals surface area contributed by atoms with Gasteiger partial charge in [-0.05, 0) is 24.6 Å². The zero-order valence-electron chi connectivity index (χ0n) is 12.5. The van der Waals surface area contributed by atoms with Crippen molar-refractivity contribution in [1.82, 2.24) is 14.8 Å². The third-order valence-corrected chi connectivity index (χ3v) is 3.10. The molecule has 0 unspecified atom stereocenters. The summed E-state index contributed by atoms with van der Waals surface area (Å²) < 4.78 is 18.3. The third kappa shape index (κ3) is 3.25. The maximum atomic E-state index is 5.82. The van der Waals surface area contributed by atoms with Crippen LogP contribution >= 0.6 is 0 Å². The highest BCUT2D eigenvalue weighted by molar-refractivity contribution is 5.53. The molecule has 2 N–H and O–H groups in total. The first kappa shape index (κ1) is 15.1. The van der Waals surface area contributed by atoms with Crippen molar-refractivity contribution in [2.75, 3.05) is 14.2 Å². The van der Waals surface area contributed by atoms with Crippen molar-refractivity contribution in [3.05, 3.63) is 29.8 Å². The summed E-state index contributed by atoms with van der Waals surface area (Å²) in [4.78, 5) is 4.17. The van der Waals surface area contributed by atoms with Crippen LogP contribution in [-0.4, -0.2) is 29.0 Å². The fourth-order valence-corrected chi connectivity index (χ4v) is 2.00. The Bertz CT molecular complexity index is 573. The quantitative estimate of drug-likeness (QED) is 0.829. The van der Waals surface area contributed by atoms with Gasteiger partial charge in [0.25, 0.3) is 0 Å². The maximum Gasteiger partial charge on any atom is 0.204 e. The van der Waals surface area contributed by atoms with Crippen LogP contribution in [0.4, 0.5) is 0 Å². The second-order valence-corrected chi connectivity index (χ2v) is 4.31. The van der Waals surface area contributed by atoms with Crippen LogP contribution in [0.5, 0.6) is 17.2 Å². The fraction of sp³-hybridized carbons (Fsp3) is 0.429. The predicted octanol–water partition coefficient (Wildman–Crippen LogP) is 1.35. The fourth-order valence-electron chi connectivity index (χ4n) is 2.00. The molecular weight excluding hydrogens is 272 g/mol. The topological polar surface area (TPSA) is 84.4 Å². The van der Waals surface area contributed by atoms with E-state index in [1.807, 2.05) is 19.1 Å². The molecule has 114 valence electrons. The summed E-state index contributed by atoms with van der Waals surface area (Å²) in [6.07, 6.45) is 1.51. The van der Waals surface area contributed by atoms with Gasteiger partial charge in [-0.25, -0.2) is 9.67 Å². The van der Waals surface area contributed by atoms with Gasteiger partial charge in [0.2, 0.25) is 5.75 Å². The van der Waals surface area contributed by atoms with Crippen LogP contribution in [0, 0.1) is 0 Å². The molecule has 2 rings (SSSR count).